The van der Waals surface area contributed by atoms with Crippen LogP contribution < -0.4 is 0 Å². The van der Waals surface area contributed by atoms with E-state index < -0.39 is 0 Å². The second-order valence-corrected chi connectivity index (χ2v) is 5.91. The molecule has 0 fully saturated rings. The molecule has 0 saturated carbocycles. The Labute approximate surface area is 144 Å². The van der Waals surface area contributed by atoms with Gasteiger partial charge in [-0.25, -0.2) is 0 Å². The van der Waals surface area contributed by atoms with Crippen molar-refractivity contribution in [3.05, 3.63) is 87.7 Å². The Kier molecular flexibility index (Phi) is 4.45. The molecular formula is C19H14ClN3O. The lowest BCUT2D eigenvalue weighted by atomic mass is 10.1. The van der Waals surface area contributed by atoms with E-state index in [9.17, 15) is 4.79 Å². The Morgan fingerprint density at radius 2 is 1.96 bits per heavy atom. The Morgan fingerprint density at radius 3 is 2.67 bits per heavy atom. The van der Waals surface area contributed by atoms with E-state index in [0.717, 1.165) is 11.3 Å². The molecule has 0 saturated heterocycles. The molecule has 5 heteroatoms. The van der Waals surface area contributed by atoms with E-state index in [2.05, 4.69) is 11.2 Å². The number of nitrogens with zero attached hydrogens (tertiary/aromatic N) is 3. The molecule has 3 aromatic rings. The van der Waals surface area contributed by atoms with Crippen LogP contribution in [0.1, 0.15) is 32.9 Å². The molecule has 2 aromatic carbocycles. The lowest BCUT2D eigenvalue weighted by molar-refractivity contribution is 0.102. The summed E-state index contributed by atoms with van der Waals surface area (Å²) in [5.74, 6) is -0.108. The number of carbonyl (C=O) groups excluding carboxylic acids is 1. The van der Waals surface area contributed by atoms with E-state index in [1.807, 2.05) is 19.1 Å². The molecule has 0 amide bonds. The monoisotopic (exact) mass is 335 g/mol. The first kappa shape index (κ1) is 16.0. The molecule has 4 nitrogen and oxygen atoms in total. The zero-order valence-corrected chi connectivity index (χ0v) is 13.8. The van der Waals surface area contributed by atoms with E-state index in [-0.39, 0.29) is 5.78 Å². The Bertz CT molecular complexity index is 936. The maximum atomic E-state index is 12.7. The molecule has 0 aliphatic heterocycles. The fourth-order valence-electron chi connectivity index (χ4n) is 2.51. The lowest BCUT2D eigenvalue weighted by Crippen LogP contribution is -2.12. The van der Waals surface area contributed by atoms with Gasteiger partial charge in [-0.05, 0) is 55.0 Å². The Morgan fingerprint density at radius 1 is 1.21 bits per heavy atom. The molecule has 1 aromatic heterocycles. The molecule has 3 rings (SSSR count). The van der Waals surface area contributed by atoms with Crippen LogP contribution in [0.2, 0.25) is 5.02 Å². The van der Waals surface area contributed by atoms with Gasteiger partial charge in [-0.15, -0.1) is 0 Å². The highest BCUT2D eigenvalue weighted by Gasteiger charge is 2.16. The zero-order valence-electron chi connectivity index (χ0n) is 13.0. The molecular weight excluding hydrogens is 322 g/mol. The number of ketones is 1. The molecule has 118 valence electrons. The minimum Gasteiger partial charge on any atom is -0.287 e. The number of hydrogen-bond acceptors (Lipinski definition) is 3. The van der Waals surface area contributed by atoms with Crippen LogP contribution in [0.3, 0.4) is 0 Å². The van der Waals surface area contributed by atoms with Crippen molar-refractivity contribution < 1.29 is 4.79 Å². The summed E-state index contributed by atoms with van der Waals surface area (Å²) in [4.78, 5) is 12.7. The molecule has 0 spiro atoms. The molecule has 1 heterocycles. The maximum Gasteiger partial charge on any atom is 0.211 e. The number of aromatic nitrogens is 2. The third-order valence-corrected chi connectivity index (χ3v) is 3.88. The van der Waals surface area contributed by atoms with E-state index in [0.29, 0.717) is 28.4 Å². The number of halogens is 1. The fraction of sp³-hybridized carbons (Fsp3) is 0.105. The van der Waals surface area contributed by atoms with Gasteiger partial charge in [0.25, 0.3) is 0 Å². The average Bonchev–Trinajstić information content (AvgIpc) is 2.95. The van der Waals surface area contributed by atoms with Crippen LogP contribution in [-0.4, -0.2) is 15.6 Å². The van der Waals surface area contributed by atoms with E-state index in [4.69, 9.17) is 16.9 Å². The summed E-state index contributed by atoms with van der Waals surface area (Å²) in [6.07, 6.45) is 0. The Balaban J connectivity index is 1.94. The summed E-state index contributed by atoms with van der Waals surface area (Å²) in [6.45, 7) is 2.28. The van der Waals surface area contributed by atoms with Crippen molar-refractivity contribution in [3.63, 3.8) is 0 Å². The van der Waals surface area contributed by atoms with Gasteiger partial charge in [-0.3, -0.25) is 9.48 Å². The van der Waals surface area contributed by atoms with Crippen molar-refractivity contribution in [1.29, 1.82) is 5.26 Å². The average molecular weight is 336 g/mol. The predicted molar refractivity (Wildman–Crippen MR) is 92.1 cm³/mol. The largest absolute Gasteiger partial charge is 0.287 e. The first-order valence-electron chi connectivity index (χ1n) is 7.40. The van der Waals surface area contributed by atoms with Crippen molar-refractivity contribution in [2.24, 2.45) is 0 Å². The first-order valence-corrected chi connectivity index (χ1v) is 7.78. The summed E-state index contributed by atoms with van der Waals surface area (Å²) in [5, 5.41) is 14.0. The standard InChI is InChI=1S/C19H14ClN3O/c1-13-9-18(19(24)16-5-7-17(20)8-6-16)23(22-13)12-15-4-2-3-14(10-15)11-21/h2-10H,12H2,1H3. The second-order valence-electron chi connectivity index (χ2n) is 5.48. The summed E-state index contributed by atoms with van der Waals surface area (Å²) in [7, 11) is 0. The number of rotatable bonds is 4. The number of hydrogen-bond donors (Lipinski definition) is 0. The molecule has 0 bridgehead atoms. The van der Waals surface area contributed by atoms with E-state index >= 15 is 0 Å². The quantitative estimate of drug-likeness (QED) is 0.677. The third-order valence-electron chi connectivity index (χ3n) is 3.63. The van der Waals surface area contributed by atoms with Gasteiger partial charge in [0.1, 0.15) is 5.69 Å². The number of carbonyl (C=O) groups is 1. The van der Waals surface area contributed by atoms with Crippen LogP contribution in [0, 0.1) is 18.3 Å². The number of nitriles is 1. The molecule has 24 heavy (non-hydrogen) atoms. The minimum atomic E-state index is -0.108. The highest BCUT2D eigenvalue weighted by atomic mass is 35.5. The summed E-state index contributed by atoms with van der Waals surface area (Å²) in [5.41, 5.74) is 3.34. The normalized spacial score (nSPS) is 10.4. The van der Waals surface area contributed by atoms with E-state index in [1.54, 1.807) is 47.1 Å². The summed E-state index contributed by atoms with van der Waals surface area (Å²) in [6, 6.07) is 18.0. The molecule has 0 N–H and O–H groups in total. The molecule has 0 aliphatic rings. The summed E-state index contributed by atoms with van der Waals surface area (Å²) < 4.78 is 1.67. The van der Waals surface area contributed by atoms with Crippen molar-refractivity contribution in [2.75, 3.05) is 0 Å². The smallest absolute Gasteiger partial charge is 0.211 e. The molecule has 0 atom stereocenters. The van der Waals surface area contributed by atoms with Crippen molar-refractivity contribution in [3.8, 4) is 6.07 Å². The fourth-order valence-corrected chi connectivity index (χ4v) is 2.64. The van der Waals surface area contributed by atoms with Crippen molar-refractivity contribution in [1.82, 2.24) is 9.78 Å². The second kappa shape index (κ2) is 6.69. The molecule has 0 aliphatic carbocycles. The van der Waals surface area contributed by atoms with Gasteiger partial charge in [0.05, 0.1) is 23.9 Å². The van der Waals surface area contributed by atoms with Crippen LogP contribution in [0.5, 0.6) is 0 Å². The number of benzene rings is 2. The van der Waals surface area contributed by atoms with Crippen LogP contribution in [0.15, 0.2) is 54.6 Å². The topological polar surface area (TPSA) is 58.7 Å². The van der Waals surface area contributed by atoms with Gasteiger partial charge < -0.3 is 0 Å². The zero-order chi connectivity index (χ0) is 17.1. The van der Waals surface area contributed by atoms with Crippen molar-refractivity contribution >= 4 is 17.4 Å². The minimum absolute atomic E-state index is 0.108. The highest BCUT2D eigenvalue weighted by molar-refractivity contribution is 6.30. The highest BCUT2D eigenvalue weighted by Crippen LogP contribution is 2.16. The van der Waals surface area contributed by atoms with Gasteiger partial charge in [0.2, 0.25) is 5.78 Å². The van der Waals surface area contributed by atoms with Crippen LogP contribution >= 0.6 is 11.6 Å². The molecule has 0 unspecified atom stereocenters. The lowest BCUT2D eigenvalue weighted by Gasteiger charge is -2.07. The van der Waals surface area contributed by atoms with Crippen molar-refractivity contribution in [2.45, 2.75) is 13.5 Å². The predicted octanol–water partition coefficient (Wildman–Crippen LogP) is 4.00. The Hall–Kier alpha value is -2.90. The number of aryl methyl sites for hydroxylation is 1. The SMILES string of the molecule is Cc1cc(C(=O)c2ccc(Cl)cc2)n(Cc2cccc(C#N)c2)n1. The molecule has 0 radical (unpaired) electrons. The first-order chi connectivity index (χ1) is 11.6. The maximum absolute atomic E-state index is 12.7. The third kappa shape index (κ3) is 3.37. The van der Waals surface area contributed by atoms with Crippen LogP contribution in [0.25, 0.3) is 0 Å². The summed E-state index contributed by atoms with van der Waals surface area (Å²) >= 11 is 5.88. The van der Waals surface area contributed by atoms with Crippen LogP contribution in [0.4, 0.5) is 0 Å². The van der Waals surface area contributed by atoms with E-state index in [1.165, 1.54) is 0 Å². The van der Waals surface area contributed by atoms with Gasteiger partial charge in [0.15, 0.2) is 0 Å². The van der Waals surface area contributed by atoms with Gasteiger partial charge >= 0.3 is 0 Å². The van der Waals surface area contributed by atoms with Gasteiger partial charge in [-0.1, -0.05) is 23.7 Å². The van der Waals surface area contributed by atoms with Gasteiger partial charge in [-0.2, -0.15) is 10.4 Å². The van der Waals surface area contributed by atoms with Gasteiger partial charge in [0, 0.05) is 10.6 Å². The van der Waals surface area contributed by atoms with Crippen LogP contribution in [-0.2, 0) is 6.54 Å².